The van der Waals surface area contributed by atoms with Crippen molar-refractivity contribution >= 4 is 17.5 Å². The van der Waals surface area contributed by atoms with Crippen LogP contribution in [0.15, 0.2) is 42.6 Å². The van der Waals surface area contributed by atoms with Crippen LogP contribution in [0.1, 0.15) is 51.9 Å². The van der Waals surface area contributed by atoms with E-state index in [1.165, 1.54) is 7.11 Å². The number of piperidine rings is 1. The van der Waals surface area contributed by atoms with Crippen LogP contribution in [-0.2, 0) is 11.3 Å². The van der Waals surface area contributed by atoms with Crippen molar-refractivity contribution in [2.75, 3.05) is 26.8 Å². The zero-order valence-electron chi connectivity index (χ0n) is 19.3. The fourth-order valence-electron chi connectivity index (χ4n) is 4.48. The molecule has 1 aliphatic heterocycles. The van der Waals surface area contributed by atoms with Crippen molar-refractivity contribution in [3.8, 4) is 5.75 Å². The fourth-order valence-corrected chi connectivity index (χ4v) is 4.48. The third-order valence-electron chi connectivity index (χ3n) is 5.96. The van der Waals surface area contributed by atoms with Gasteiger partial charge >= 0.3 is 5.97 Å². The Morgan fingerprint density at radius 2 is 2.03 bits per heavy atom. The minimum atomic E-state index is -0.332. The number of carbonyl (C=O) groups excluding carboxylic acids is 2. The van der Waals surface area contributed by atoms with Crippen LogP contribution in [-0.4, -0.2) is 59.0 Å². The monoisotopic (exact) mass is 450 g/mol. The van der Waals surface area contributed by atoms with Gasteiger partial charge in [-0.2, -0.15) is 0 Å². The molecule has 1 aromatic carbocycles. The number of amides is 1. The number of aryl methyl sites for hydroxylation is 1. The van der Waals surface area contributed by atoms with E-state index in [1.807, 2.05) is 50.4 Å². The second kappa shape index (κ2) is 10.0. The Morgan fingerprint density at radius 1 is 1.21 bits per heavy atom. The topological polar surface area (TPSA) is 85.2 Å². The maximum atomic E-state index is 13.2. The maximum Gasteiger partial charge on any atom is 0.338 e. The van der Waals surface area contributed by atoms with E-state index in [4.69, 9.17) is 9.47 Å². The predicted molar refractivity (Wildman–Crippen MR) is 125 cm³/mol. The molecular formula is C25H30N4O4. The van der Waals surface area contributed by atoms with E-state index in [9.17, 15) is 9.59 Å². The van der Waals surface area contributed by atoms with Crippen molar-refractivity contribution in [3.05, 3.63) is 65.1 Å². The standard InChI is InChI=1S/C25H30N4O4/c1-4-33-21-12-8-14-29-22(17(2)26-23(21)29)24(30)27-19-10-7-13-28(16-19)15-18-9-5-6-11-20(18)25(31)32-3/h5-6,8-9,11-12,14,19H,4,7,10,13,15-16H2,1-3H3,(H,27,30)/t19-/m0/s1. The molecule has 1 aliphatic rings. The van der Waals surface area contributed by atoms with Gasteiger partial charge < -0.3 is 14.8 Å². The van der Waals surface area contributed by atoms with E-state index in [-0.39, 0.29) is 17.9 Å². The van der Waals surface area contributed by atoms with E-state index in [1.54, 1.807) is 10.5 Å². The summed E-state index contributed by atoms with van der Waals surface area (Å²) in [6.45, 7) is 6.55. The molecule has 3 aromatic rings. The minimum absolute atomic E-state index is 0.0107. The van der Waals surface area contributed by atoms with Gasteiger partial charge in [-0.05, 0) is 57.0 Å². The molecule has 1 atom stereocenters. The SMILES string of the molecule is CCOc1cccn2c(C(=O)N[C@H]3CCCN(Cc4ccccc4C(=O)OC)C3)c(C)nc12. The van der Waals surface area contributed by atoms with E-state index in [0.29, 0.717) is 48.0 Å². The van der Waals surface area contributed by atoms with Gasteiger partial charge in [0.2, 0.25) is 0 Å². The number of carbonyl (C=O) groups is 2. The van der Waals surface area contributed by atoms with Crippen molar-refractivity contribution in [1.82, 2.24) is 19.6 Å². The van der Waals surface area contributed by atoms with Crippen molar-refractivity contribution < 1.29 is 19.1 Å². The van der Waals surface area contributed by atoms with E-state index >= 15 is 0 Å². The van der Waals surface area contributed by atoms with Crippen LogP contribution < -0.4 is 10.1 Å². The normalized spacial score (nSPS) is 16.5. The van der Waals surface area contributed by atoms with Crippen molar-refractivity contribution in [2.24, 2.45) is 0 Å². The highest BCUT2D eigenvalue weighted by atomic mass is 16.5. The highest BCUT2D eigenvalue weighted by molar-refractivity contribution is 5.95. The first-order valence-electron chi connectivity index (χ1n) is 11.3. The Balaban J connectivity index is 1.47. The summed E-state index contributed by atoms with van der Waals surface area (Å²) >= 11 is 0. The second-order valence-corrected chi connectivity index (χ2v) is 8.24. The van der Waals surface area contributed by atoms with Crippen LogP contribution >= 0.6 is 0 Å². The van der Waals surface area contributed by atoms with Gasteiger partial charge in [0.25, 0.3) is 5.91 Å². The van der Waals surface area contributed by atoms with Crippen LogP contribution in [0.5, 0.6) is 5.75 Å². The number of aromatic nitrogens is 2. The smallest absolute Gasteiger partial charge is 0.338 e. The number of rotatable bonds is 7. The number of methoxy groups -OCH3 is 1. The lowest BCUT2D eigenvalue weighted by atomic mass is 10.0. The molecule has 0 radical (unpaired) electrons. The first-order chi connectivity index (χ1) is 16.0. The molecule has 1 saturated heterocycles. The van der Waals surface area contributed by atoms with Crippen molar-refractivity contribution in [2.45, 2.75) is 39.3 Å². The van der Waals surface area contributed by atoms with E-state index in [0.717, 1.165) is 24.9 Å². The lowest BCUT2D eigenvalue weighted by molar-refractivity contribution is 0.0597. The van der Waals surface area contributed by atoms with Crippen molar-refractivity contribution in [3.63, 3.8) is 0 Å². The van der Waals surface area contributed by atoms with Gasteiger partial charge in [0.1, 0.15) is 5.69 Å². The number of hydrogen-bond acceptors (Lipinski definition) is 6. The van der Waals surface area contributed by atoms with Gasteiger partial charge in [0.15, 0.2) is 11.4 Å². The fraction of sp³-hybridized carbons (Fsp3) is 0.400. The molecule has 8 heteroatoms. The zero-order valence-corrected chi connectivity index (χ0v) is 19.3. The number of benzene rings is 1. The molecule has 0 saturated carbocycles. The Labute approximate surface area is 193 Å². The summed E-state index contributed by atoms with van der Waals surface area (Å²) in [5, 5.41) is 3.20. The highest BCUT2D eigenvalue weighted by Crippen LogP contribution is 2.23. The van der Waals surface area contributed by atoms with Gasteiger partial charge in [-0.25, -0.2) is 9.78 Å². The molecule has 8 nitrogen and oxygen atoms in total. The summed E-state index contributed by atoms with van der Waals surface area (Å²) in [7, 11) is 1.39. The van der Waals surface area contributed by atoms with Gasteiger partial charge in [-0.15, -0.1) is 0 Å². The highest BCUT2D eigenvalue weighted by Gasteiger charge is 2.26. The Hall–Kier alpha value is -3.39. The van der Waals surface area contributed by atoms with Crippen LogP contribution in [0.2, 0.25) is 0 Å². The molecule has 2 aromatic heterocycles. The summed E-state index contributed by atoms with van der Waals surface area (Å²) in [5.41, 5.74) is 3.35. The molecule has 0 aliphatic carbocycles. The van der Waals surface area contributed by atoms with Crippen LogP contribution in [0, 0.1) is 6.92 Å². The molecule has 0 bridgehead atoms. The third-order valence-corrected chi connectivity index (χ3v) is 5.96. The Bertz CT molecular complexity index is 1160. The van der Waals surface area contributed by atoms with Gasteiger partial charge in [-0.1, -0.05) is 18.2 Å². The summed E-state index contributed by atoms with van der Waals surface area (Å²) in [5.74, 6) is 0.188. The maximum absolute atomic E-state index is 13.2. The van der Waals surface area contributed by atoms with Crippen LogP contribution in [0.3, 0.4) is 0 Å². The molecule has 1 N–H and O–H groups in total. The average molecular weight is 451 g/mol. The molecule has 174 valence electrons. The first kappa shape index (κ1) is 22.8. The number of fused-ring (bicyclic) bond motifs is 1. The first-order valence-corrected chi connectivity index (χ1v) is 11.3. The molecule has 1 fully saturated rings. The Kier molecular flexibility index (Phi) is 6.93. The van der Waals surface area contributed by atoms with Crippen LogP contribution in [0.4, 0.5) is 0 Å². The largest absolute Gasteiger partial charge is 0.490 e. The number of ether oxygens (including phenoxy) is 2. The molecule has 3 heterocycles. The number of hydrogen-bond donors (Lipinski definition) is 1. The average Bonchev–Trinajstić information content (AvgIpc) is 3.16. The summed E-state index contributed by atoms with van der Waals surface area (Å²) < 4.78 is 12.4. The lowest BCUT2D eigenvalue weighted by Crippen LogP contribution is -2.47. The van der Waals surface area contributed by atoms with Gasteiger partial charge in [-0.3, -0.25) is 14.1 Å². The Morgan fingerprint density at radius 3 is 2.82 bits per heavy atom. The van der Waals surface area contributed by atoms with Crippen molar-refractivity contribution in [1.29, 1.82) is 0 Å². The minimum Gasteiger partial charge on any atom is -0.490 e. The van der Waals surface area contributed by atoms with Crippen LogP contribution in [0.25, 0.3) is 5.65 Å². The van der Waals surface area contributed by atoms with E-state index in [2.05, 4.69) is 15.2 Å². The van der Waals surface area contributed by atoms with Gasteiger partial charge in [0.05, 0.1) is 25.0 Å². The molecule has 33 heavy (non-hydrogen) atoms. The van der Waals surface area contributed by atoms with Gasteiger partial charge in [0, 0.05) is 25.3 Å². The lowest BCUT2D eigenvalue weighted by Gasteiger charge is -2.33. The summed E-state index contributed by atoms with van der Waals surface area (Å²) in [6.07, 6.45) is 3.70. The number of imidazole rings is 1. The second-order valence-electron chi connectivity index (χ2n) is 8.24. The molecule has 0 unspecified atom stereocenters. The summed E-state index contributed by atoms with van der Waals surface area (Å²) in [6, 6.07) is 11.2. The number of nitrogens with zero attached hydrogens (tertiary/aromatic N) is 3. The molecule has 4 rings (SSSR count). The number of likely N-dealkylation sites (tertiary alicyclic amines) is 1. The molecule has 1 amide bonds. The predicted octanol–water partition coefficient (Wildman–Crippen LogP) is 3.22. The summed E-state index contributed by atoms with van der Waals surface area (Å²) in [4.78, 5) is 32.2. The van der Waals surface area contributed by atoms with E-state index < -0.39 is 0 Å². The molecule has 0 spiro atoms. The number of esters is 1. The quantitative estimate of drug-likeness (QED) is 0.557. The molecular weight excluding hydrogens is 420 g/mol. The third kappa shape index (κ3) is 4.85. The number of nitrogens with one attached hydrogen (secondary N) is 1. The number of pyridine rings is 1. The zero-order chi connectivity index (χ0) is 23.4.